The van der Waals surface area contributed by atoms with Crippen LogP contribution in [0, 0.1) is 17.0 Å². The molecule has 2 bridgehead atoms. The highest BCUT2D eigenvalue weighted by atomic mass is 19.1. The number of rotatable bonds is 5. The van der Waals surface area contributed by atoms with Crippen molar-refractivity contribution in [1.29, 1.82) is 0 Å². The molecule has 2 N–H and O–H groups in total. The Morgan fingerprint density at radius 1 is 1.11 bits per heavy atom. The number of hydrogen-bond acceptors (Lipinski definition) is 8. The molecule has 3 atom stereocenters. The average molecular weight is 491 g/mol. The molecule has 0 unspecified atom stereocenters. The van der Waals surface area contributed by atoms with Crippen molar-refractivity contribution in [2.75, 3.05) is 6.61 Å². The molecule has 1 aromatic carbocycles. The Labute approximate surface area is 205 Å². The maximum atomic E-state index is 14.5. The van der Waals surface area contributed by atoms with Crippen molar-refractivity contribution in [2.24, 2.45) is 5.41 Å². The zero-order valence-electron chi connectivity index (χ0n) is 19.6. The number of nitrogens with zero attached hydrogens (tertiary/aromatic N) is 5. The summed E-state index contributed by atoms with van der Waals surface area (Å²) < 4.78 is 34.4. The van der Waals surface area contributed by atoms with Crippen LogP contribution in [0.4, 0.5) is 8.78 Å². The van der Waals surface area contributed by atoms with Gasteiger partial charge in [-0.1, -0.05) is 19.9 Å². The van der Waals surface area contributed by atoms with Crippen LogP contribution in [-0.4, -0.2) is 42.0 Å². The number of fused-ring (bicyclic) bond motifs is 5. The molecule has 1 saturated carbocycles. The number of benzene rings is 1. The van der Waals surface area contributed by atoms with Crippen LogP contribution in [0.1, 0.15) is 61.4 Å². The van der Waals surface area contributed by atoms with E-state index < -0.39 is 29.8 Å². The predicted molar refractivity (Wildman–Crippen MR) is 123 cm³/mol. The summed E-state index contributed by atoms with van der Waals surface area (Å²) in [4.78, 5) is 13.5. The third kappa shape index (κ3) is 3.00. The summed E-state index contributed by atoms with van der Waals surface area (Å²) in [7, 11) is 0. The number of hydrogen-bond donors (Lipinski definition) is 2. The molecule has 6 rings (SSSR count). The van der Waals surface area contributed by atoms with Crippen LogP contribution in [0.2, 0.25) is 0 Å². The molecule has 3 aromatic heterocycles. The van der Waals surface area contributed by atoms with Gasteiger partial charge in [-0.25, -0.2) is 18.7 Å². The van der Waals surface area contributed by atoms with E-state index in [2.05, 4.69) is 34.0 Å². The molecule has 2 aliphatic rings. The Morgan fingerprint density at radius 2 is 1.89 bits per heavy atom. The van der Waals surface area contributed by atoms with Crippen molar-refractivity contribution < 1.29 is 23.4 Å². The van der Waals surface area contributed by atoms with E-state index in [0.717, 1.165) is 24.1 Å². The predicted octanol–water partition coefficient (Wildman–Crippen LogP) is 4.10. The van der Waals surface area contributed by atoms with E-state index in [1.54, 1.807) is 12.3 Å². The first kappa shape index (κ1) is 22.8. The lowest BCUT2D eigenvalue weighted by Gasteiger charge is -2.37. The van der Waals surface area contributed by atoms with Gasteiger partial charge in [0.15, 0.2) is 0 Å². The summed E-state index contributed by atoms with van der Waals surface area (Å²) in [6.45, 7) is 3.81. The molecule has 8 nitrogen and oxygen atoms in total. The van der Waals surface area contributed by atoms with Crippen molar-refractivity contribution >= 4 is 0 Å². The second-order valence-corrected chi connectivity index (χ2v) is 9.91. The van der Waals surface area contributed by atoms with Crippen molar-refractivity contribution in [2.45, 2.75) is 44.1 Å². The SMILES string of the molecule is CC1(C)[C@H]2CC[C@]1(c1cncc(-c3nc([C@H](O)CO)co3)n1)c1nnc(-c3c(F)cccc3F)cc12. The Morgan fingerprint density at radius 3 is 2.64 bits per heavy atom. The highest BCUT2D eigenvalue weighted by Crippen LogP contribution is 2.69. The minimum absolute atomic E-state index is 0.0927. The van der Waals surface area contributed by atoms with E-state index in [4.69, 9.17) is 9.40 Å². The van der Waals surface area contributed by atoms with Gasteiger partial charge in [0.1, 0.15) is 35.4 Å². The molecule has 184 valence electrons. The molecule has 0 aliphatic heterocycles. The summed E-state index contributed by atoms with van der Waals surface area (Å²) >= 11 is 0. The van der Waals surface area contributed by atoms with E-state index in [0.29, 0.717) is 11.4 Å². The van der Waals surface area contributed by atoms with Crippen LogP contribution in [0.3, 0.4) is 0 Å². The monoisotopic (exact) mass is 491 g/mol. The van der Waals surface area contributed by atoms with Gasteiger partial charge in [-0.2, -0.15) is 5.10 Å². The van der Waals surface area contributed by atoms with Crippen molar-refractivity contribution in [3.8, 4) is 22.8 Å². The highest BCUT2D eigenvalue weighted by Gasteiger charge is 2.65. The molecular formula is C26H23F2N5O3. The van der Waals surface area contributed by atoms with E-state index in [1.807, 2.05) is 0 Å². The number of halogens is 2. The Bertz CT molecular complexity index is 1470. The van der Waals surface area contributed by atoms with Gasteiger partial charge >= 0.3 is 0 Å². The van der Waals surface area contributed by atoms with Crippen molar-refractivity contribution in [1.82, 2.24) is 25.1 Å². The lowest BCUT2D eigenvalue weighted by molar-refractivity contribution is 0.0922. The Kier molecular flexibility index (Phi) is 5.03. The molecule has 10 heteroatoms. The van der Waals surface area contributed by atoms with E-state index >= 15 is 0 Å². The minimum atomic E-state index is -1.16. The normalized spacial score (nSPS) is 22.6. The van der Waals surface area contributed by atoms with Crippen molar-refractivity contribution in [3.05, 3.63) is 77.2 Å². The van der Waals surface area contributed by atoms with Gasteiger partial charge in [0.2, 0.25) is 5.89 Å². The summed E-state index contributed by atoms with van der Waals surface area (Å²) in [5, 5.41) is 27.8. The summed E-state index contributed by atoms with van der Waals surface area (Å²) in [6.07, 6.45) is 4.95. The van der Waals surface area contributed by atoms with Gasteiger partial charge in [0.25, 0.3) is 0 Å². The van der Waals surface area contributed by atoms with Crippen molar-refractivity contribution in [3.63, 3.8) is 0 Å². The third-order valence-corrected chi connectivity index (χ3v) is 7.93. The Hall–Kier alpha value is -3.63. The molecule has 3 heterocycles. The number of aliphatic hydroxyl groups excluding tert-OH is 2. The fourth-order valence-corrected chi connectivity index (χ4v) is 6.08. The standard InChI is InChI=1S/C26H23F2N5O3/c1-25(2)14-6-7-26(25,21-10-29-9-18(30-21)24-31-19(12-36-24)20(35)11-34)23-13(14)8-17(32-33-23)22-15(27)4-3-5-16(22)28/h3-5,8-10,12,14,20,34-35H,6-7,11H2,1-2H3/t14-,20+,26-/m0/s1. The van der Waals surface area contributed by atoms with E-state index in [-0.39, 0.29) is 34.2 Å². The van der Waals surface area contributed by atoms with Gasteiger partial charge in [-0.3, -0.25) is 4.98 Å². The maximum absolute atomic E-state index is 14.5. The fourth-order valence-electron chi connectivity index (χ4n) is 6.08. The van der Waals surface area contributed by atoms with Gasteiger partial charge in [-0.15, -0.1) is 5.10 Å². The second kappa shape index (κ2) is 7.94. The topological polar surface area (TPSA) is 118 Å². The largest absolute Gasteiger partial charge is 0.443 e. The average Bonchev–Trinajstić information content (AvgIpc) is 3.52. The smallest absolute Gasteiger partial charge is 0.247 e. The van der Waals surface area contributed by atoms with E-state index in [9.17, 15) is 19.0 Å². The number of oxazole rings is 1. The van der Waals surface area contributed by atoms with Gasteiger partial charge < -0.3 is 14.6 Å². The first-order chi connectivity index (χ1) is 17.3. The molecule has 0 amide bonds. The van der Waals surface area contributed by atoms with Crippen LogP contribution in [0.25, 0.3) is 22.8 Å². The van der Waals surface area contributed by atoms with Crippen LogP contribution in [0.5, 0.6) is 0 Å². The molecule has 0 spiro atoms. The quantitative estimate of drug-likeness (QED) is 0.429. The first-order valence-electron chi connectivity index (χ1n) is 11.7. The van der Waals surface area contributed by atoms with Crippen LogP contribution < -0.4 is 0 Å². The summed E-state index contributed by atoms with van der Waals surface area (Å²) in [6, 6.07) is 5.49. The van der Waals surface area contributed by atoms with Crippen LogP contribution >= 0.6 is 0 Å². The second-order valence-electron chi connectivity index (χ2n) is 9.91. The molecule has 1 fully saturated rings. The van der Waals surface area contributed by atoms with Gasteiger partial charge in [0, 0.05) is 6.20 Å². The molecule has 2 aliphatic carbocycles. The summed E-state index contributed by atoms with van der Waals surface area (Å²) in [5.74, 6) is -1.10. The van der Waals surface area contributed by atoms with Gasteiger partial charge in [-0.05, 0) is 47.9 Å². The number of aromatic nitrogens is 5. The molecule has 36 heavy (non-hydrogen) atoms. The Balaban J connectivity index is 1.47. The maximum Gasteiger partial charge on any atom is 0.247 e. The molecule has 4 aromatic rings. The molecule has 0 saturated heterocycles. The third-order valence-electron chi connectivity index (χ3n) is 7.93. The highest BCUT2D eigenvalue weighted by molar-refractivity contribution is 5.64. The summed E-state index contributed by atoms with van der Waals surface area (Å²) in [5.41, 5.74) is 1.94. The van der Waals surface area contributed by atoms with Crippen LogP contribution in [-0.2, 0) is 5.41 Å². The lowest BCUT2D eigenvalue weighted by Crippen LogP contribution is -2.38. The molecule has 0 radical (unpaired) electrons. The van der Waals surface area contributed by atoms with Crippen LogP contribution in [0.15, 0.2) is 47.3 Å². The van der Waals surface area contributed by atoms with Gasteiger partial charge in [0.05, 0.1) is 40.9 Å². The zero-order chi connectivity index (χ0) is 25.2. The zero-order valence-corrected chi connectivity index (χ0v) is 19.6. The lowest BCUT2D eigenvalue weighted by atomic mass is 9.66. The first-order valence-corrected chi connectivity index (χ1v) is 11.7. The van der Waals surface area contributed by atoms with E-state index in [1.165, 1.54) is 30.7 Å². The number of aliphatic hydroxyl groups is 2. The fraction of sp³-hybridized carbons (Fsp3) is 0.346. The minimum Gasteiger partial charge on any atom is -0.443 e. The molecular weight excluding hydrogens is 468 g/mol.